The van der Waals surface area contributed by atoms with Gasteiger partial charge in [-0.05, 0) is 45.1 Å². The number of ether oxygens (including phenoxy) is 1. The standard InChI is InChI=1S/C25H24BrNO5S/c1-2-25(18-11-7-4-8-12-18)16-33(30,31)22-14-21(32-15-23(28)29)20(26)13-19(22)24(27-25)17-9-5-3-6-10-17/h3-14,24,27H,2,15-16H2,1H3,(H,28,29). The summed E-state index contributed by atoms with van der Waals surface area (Å²) in [5.74, 6) is -1.11. The second kappa shape index (κ2) is 9.29. The van der Waals surface area contributed by atoms with Crippen molar-refractivity contribution in [2.75, 3.05) is 12.4 Å². The number of carboxylic acid groups (broad SMARTS) is 1. The summed E-state index contributed by atoms with van der Waals surface area (Å²) >= 11 is 3.44. The Bertz CT molecular complexity index is 1260. The van der Waals surface area contributed by atoms with Crippen LogP contribution in [-0.4, -0.2) is 31.9 Å². The lowest BCUT2D eigenvalue weighted by molar-refractivity contribution is -0.139. The molecule has 0 saturated heterocycles. The van der Waals surface area contributed by atoms with Gasteiger partial charge in [0.1, 0.15) is 5.75 Å². The summed E-state index contributed by atoms with van der Waals surface area (Å²) in [5.41, 5.74) is 1.58. The van der Waals surface area contributed by atoms with Gasteiger partial charge in [-0.1, -0.05) is 67.6 Å². The maximum atomic E-state index is 13.8. The molecule has 3 aromatic carbocycles. The number of halogens is 1. The molecule has 0 spiro atoms. The number of aliphatic carboxylic acids is 1. The Kier molecular flexibility index (Phi) is 6.61. The largest absolute Gasteiger partial charge is 0.481 e. The molecule has 4 rings (SSSR count). The van der Waals surface area contributed by atoms with Crippen molar-refractivity contribution < 1.29 is 23.1 Å². The Balaban J connectivity index is 1.95. The summed E-state index contributed by atoms with van der Waals surface area (Å²) in [6.07, 6.45) is 0.553. The zero-order chi connectivity index (χ0) is 23.6. The number of rotatable bonds is 6. The van der Waals surface area contributed by atoms with Gasteiger partial charge in [-0.2, -0.15) is 0 Å². The first-order valence-electron chi connectivity index (χ1n) is 10.5. The van der Waals surface area contributed by atoms with Crippen LogP contribution >= 0.6 is 15.9 Å². The average molecular weight is 530 g/mol. The zero-order valence-electron chi connectivity index (χ0n) is 18.0. The Labute approximate surface area is 201 Å². The molecule has 1 heterocycles. The SMILES string of the molecule is CCC1(c2ccccc2)CS(=O)(=O)c2cc(OCC(=O)O)c(Br)cc2C(c2ccccc2)N1. The van der Waals surface area contributed by atoms with E-state index in [0.717, 1.165) is 11.1 Å². The Morgan fingerprint density at radius 3 is 2.36 bits per heavy atom. The van der Waals surface area contributed by atoms with Gasteiger partial charge in [-0.25, -0.2) is 13.2 Å². The molecule has 0 fully saturated rings. The highest BCUT2D eigenvalue weighted by Gasteiger charge is 2.43. The minimum atomic E-state index is -3.78. The lowest BCUT2D eigenvalue weighted by atomic mass is 9.86. The number of sulfone groups is 1. The molecule has 8 heteroatoms. The van der Waals surface area contributed by atoms with Crippen LogP contribution < -0.4 is 10.1 Å². The number of carbonyl (C=O) groups is 1. The summed E-state index contributed by atoms with van der Waals surface area (Å²) in [6, 6.07) is 22.0. The average Bonchev–Trinajstić information content (AvgIpc) is 2.91. The summed E-state index contributed by atoms with van der Waals surface area (Å²) in [7, 11) is -3.78. The van der Waals surface area contributed by atoms with Crippen molar-refractivity contribution in [1.29, 1.82) is 0 Å². The van der Waals surface area contributed by atoms with E-state index in [4.69, 9.17) is 9.84 Å². The summed E-state index contributed by atoms with van der Waals surface area (Å²) in [4.78, 5) is 11.1. The maximum absolute atomic E-state index is 13.8. The molecule has 1 aliphatic heterocycles. The predicted octanol–water partition coefficient (Wildman–Crippen LogP) is 4.68. The Hall–Kier alpha value is -2.68. The lowest BCUT2D eigenvalue weighted by Crippen LogP contribution is -2.47. The molecular weight excluding hydrogens is 506 g/mol. The molecular formula is C25H24BrNO5S. The van der Waals surface area contributed by atoms with Crippen LogP contribution in [0.4, 0.5) is 0 Å². The number of fused-ring (bicyclic) bond motifs is 1. The van der Waals surface area contributed by atoms with Crippen molar-refractivity contribution in [2.45, 2.75) is 29.8 Å². The summed E-state index contributed by atoms with van der Waals surface area (Å²) in [5, 5.41) is 12.7. The summed E-state index contributed by atoms with van der Waals surface area (Å²) < 4.78 is 33.4. The van der Waals surface area contributed by atoms with Crippen LogP contribution in [0.15, 0.2) is 82.2 Å². The van der Waals surface area contributed by atoms with Gasteiger partial charge >= 0.3 is 5.97 Å². The highest BCUT2D eigenvalue weighted by molar-refractivity contribution is 9.10. The molecule has 0 amide bonds. The van der Waals surface area contributed by atoms with E-state index in [9.17, 15) is 13.2 Å². The first kappa shape index (κ1) is 23.5. The maximum Gasteiger partial charge on any atom is 0.341 e. The number of benzene rings is 3. The van der Waals surface area contributed by atoms with Crippen molar-refractivity contribution in [1.82, 2.24) is 5.32 Å². The van der Waals surface area contributed by atoms with Crippen LogP contribution in [0, 0.1) is 0 Å². The second-order valence-electron chi connectivity index (χ2n) is 8.05. The molecule has 3 aromatic rings. The van der Waals surface area contributed by atoms with Crippen LogP contribution in [0.1, 0.15) is 36.1 Å². The first-order valence-corrected chi connectivity index (χ1v) is 13.0. The van der Waals surface area contributed by atoms with E-state index >= 15 is 0 Å². The van der Waals surface area contributed by atoms with E-state index in [2.05, 4.69) is 21.2 Å². The van der Waals surface area contributed by atoms with Crippen molar-refractivity contribution >= 4 is 31.7 Å². The Morgan fingerprint density at radius 2 is 1.76 bits per heavy atom. The van der Waals surface area contributed by atoms with E-state index in [1.165, 1.54) is 6.07 Å². The fraction of sp³-hybridized carbons (Fsp3) is 0.240. The van der Waals surface area contributed by atoms with Gasteiger partial charge in [0.25, 0.3) is 0 Å². The molecule has 33 heavy (non-hydrogen) atoms. The molecule has 6 nitrogen and oxygen atoms in total. The van der Waals surface area contributed by atoms with Crippen LogP contribution in [0.25, 0.3) is 0 Å². The van der Waals surface area contributed by atoms with Crippen molar-refractivity contribution in [3.63, 3.8) is 0 Å². The highest BCUT2D eigenvalue weighted by Crippen LogP contribution is 2.43. The molecule has 2 unspecified atom stereocenters. The third-order valence-corrected chi connectivity index (χ3v) is 8.50. The van der Waals surface area contributed by atoms with Crippen LogP contribution in [0.3, 0.4) is 0 Å². The van der Waals surface area contributed by atoms with Crippen molar-refractivity contribution in [3.8, 4) is 5.75 Å². The van der Waals surface area contributed by atoms with E-state index < -0.39 is 34.0 Å². The first-order chi connectivity index (χ1) is 15.8. The van der Waals surface area contributed by atoms with E-state index in [1.807, 2.05) is 67.6 Å². The number of hydrogen-bond acceptors (Lipinski definition) is 5. The molecule has 0 bridgehead atoms. The highest BCUT2D eigenvalue weighted by atomic mass is 79.9. The molecule has 0 aliphatic carbocycles. The number of carboxylic acids is 1. The van der Waals surface area contributed by atoms with Gasteiger partial charge in [0.15, 0.2) is 16.4 Å². The lowest BCUT2D eigenvalue weighted by Gasteiger charge is -2.36. The molecule has 172 valence electrons. The normalized spacial score (nSPS) is 21.6. The fourth-order valence-electron chi connectivity index (χ4n) is 4.33. The third kappa shape index (κ3) is 4.69. The summed E-state index contributed by atoms with van der Waals surface area (Å²) in [6.45, 7) is 1.41. The van der Waals surface area contributed by atoms with Gasteiger partial charge in [-0.3, -0.25) is 5.32 Å². The topological polar surface area (TPSA) is 92.7 Å². The van der Waals surface area contributed by atoms with E-state index in [0.29, 0.717) is 16.5 Å². The van der Waals surface area contributed by atoms with Crippen LogP contribution in [-0.2, 0) is 20.2 Å². The van der Waals surface area contributed by atoms with Crippen molar-refractivity contribution in [3.05, 3.63) is 94.0 Å². The quantitative estimate of drug-likeness (QED) is 0.481. The van der Waals surface area contributed by atoms with Crippen LogP contribution in [0.2, 0.25) is 0 Å². The minimum absolute atomic E-state index is 0.138. The minimum Gasteiger partial charge on any atom is -0.481 e. The van der Waals surface area contributed by atoms with Gasteiger partial charge in [-0.15, -0.1) is 0 Å². The smallest absolute Gasteiger partial charge is 0.341 e. The Morgan fingerprint density at radius 1 is 1.12 bits per heavy atom. The van der Waals surface area contributed by atoms with Gasteiger partial charge in [0, 0.05) is 6.07 Å². The van der Waals surface area contributed by atoms with Gasteiger partial charge in [0.05, 0.1) is 26.7 Å². The fourth-order valence-corrected chi connectivity index (χ4v) is 6.89. The van der Waals surface area contributed by atoms with Crippen LogP contribution in [0.5, 0.6) is 5.75 Å². The van der Waals surface area contributed by atoms with E-state index in [1.54, 1.807) is 6.07 Å². The van der Waals surface area contributed by atoms with Gasteiger partial charge in [0.2, 0.25) is 0 Å². The molecule has 0 aromatic heterocycles. The molecule has 2 atom stereocenters. The number of nitrogens with one attached hydrogen (secondary N) is 1. The number of hydrogen-bond donors (Lipinski definition) is 2. The van der Waals surface area contributed by atoms with E-state index in [-0.39, 0.29) is 16.4 Å². The molecule has 0 saturated carbocycles. The predicted molar refractivity (Wildman–Crippen MR) is 129 cm³/mol. The van der Waals surface area contributed by atoms with Gasteiger partial charge < -0.3 is 9.84 Å². The molecule has 1 aliphatic rings. The molecule has 2 N–H and O–H groups in total. The molecule has 0 radical (unpaired) electrons. The van der Waals surface area contributed by atoms with Crippen molar-refractivity contribution in [2.24, 2.45) is 0 Å². The monoisotopic (exact) mass is 529 g/mol. The zero-order valence-corrected chi connectivity index (χ0v) is 20.4. The third-order valence-electron chi connectivity index (χ3n) is 5.98. The second-order valence-corrected chi connectivity index (χ2v) is 10.9.